The molecule has 1 N–H and O–H groups in total. The van der Waals surface area contributed by atoms with Crippen molar-refractivity contribution in [2.24, 2.45) is 0 Å². The summed E-state index contributed by atoms with van der Waals surface area (Å²) in [5, 5.41) is 9.46. The largest absolute Gasteiger partial charge is 0.497 e. The van der Waals surface area contributed by atoms with Crippen molar-refractivity contribution in [2.75, 3.05) is 14.2 Å². The summed E-state index contributed by atoms with van der Waals surface area (Å²) in [6, 6.07) is 3.22. The Hall–Kier alpha value is -1.23. The van der Waals surface area contributed by atoms with Gasteiger partial charge in [-0.1, -0.05) is 15.9 Å². The standard InChI is InChI=1S/C10H11BrO4/c1-14-7-3-6(5-11)9(10(12)13)8(4-7)15-2/h3-4H,5H2,1-2H3,(H,12,13). The summed E-state index contributed by atoms with van der Waals surface area (Å²) in [5.74, 6) is -0.133. The molecule has 0 aliphatic carbocycles. The van der Waals surface area contributed by atoms with Crippen LogP contribution in [0.25, 0.3) is 0 Å². The van der Waals surface area contributed by atoms with E-state index in [2.05, 4.69) is 15.9 Å². The van der Waals surface area contributed by atoms with Crippen LogP contribution in [-0.4, -0.2) is 25.3 Å². The third-order valence-electron chi connectivity index (χ3n) is 1.97. The van der Waals surface area contributed by atoms with E-state index in [1.807, 2.05) is 0 Å². The number of rotatable bonds is 4. The summed E-state index contributed by atoms with van der Waals surface area (Å²) in [5.41, 5.74) is 0.786. The van der Waals surface area contributed by atoms with Crippen molar-refractivity contribution in [3.05, 3.63) is 23.3 Å². The molecule has 5 heteroatoms. The Bertz CT molecular complexity index is 351. The molecular weight excluding hydrogens is 264 g/mol. The molecule has 0 radical (unpaired) electrons. The monoisotopic (exact) mass is 274 g/mol. The van der Waals surface area contributed by atoms with Gasteiger partial charge in [0.2, 0.25) is 0 Å². The average Bonchev–Trinajstić information content (AvgIpc) is 2.26. The lowest BCUT2D eigenvalue weighted by atomic mass is 10.1. The van der Waals surface area contributed by atoms with Crippen molar-refractivity contribution >= 4 is 21.9 Å². The van der Waals surface area contributed by atoms with E-state index in [0.29, 0.717) is 22.4 Å². The number of carbonyl (C=O) groups is 1. The average molecular weight is 275 g/mol. The van der Waals surface area contributed by atoms with E-state index in [0.717, 1.165) is 0 Å². The molecule has 0 heterocycles. The Labute approximate surface area is 95.9 Å². The minimum absolute atomic E-state index is 0.162. The third-order valence-corrected chi connectivity index (χ3v) is 2.57. The number of hydrogen-bond acceptors (Lipinski definition) is 3. The zero-order chi connectivity index (χ0) is 11.4. The molecule has 0 unspecified atom stereocenters. The molecule has 1 aromatic carbocycles. The quantitative estimate of drug-likeness (QED) is 0.856. The van der Waals surface area contributed by atoms with E-state index >= 15 is 0 Å². The summed E-state index contributed by atoms with van der Waals surface area (Å²) >= 11 is 3.23. The Morgan fingerprint density at radius 3 is 2.47 bits per heavy atom. The van der Waals surface area contributed by atoms with Gasteiger partial charge in [0.1, 0.15) is 17.1 Å². The topological polar surface area (TPSA) is 55.8 Å². The normalized spacial score (nSPS) is 9.80. The van der Waals surface area contributed by atoms with Gasteiger partial charge in [0, 0.05) is 11.4 Å². The molecule has 0 spiro atoms. The van der Waals surface area contributed by atoms with Gasteiger partial charge in [-0.05, 0) is 11.6 Å². The highest BCUT2D eigenvalue weighted by Crippen LogP contribution is 2.30. The Morgan fingerprint density at radius 1 is 1.40 bits per heavy atom. The lowest BCUT2D eigenvalue weighted by molar-refractivity contribution is 0.0692. The number of methoxy groups -OCH3 is 2. The summed E-state index contributed by atoms with van der Waals surface area (Å²) < 4.78 is 10.1. The van der Waals surface area contributed by atoms with Crippen LogP contribution >= 0.6 is 15.9 Å². The molecule has 4 nitrogen and oxygen atoms in total. The van der Waals surface area contributed by atoms with Gasteiger partial charge < -0.3 is 14.6 Å². The maximum absolute atomic E-state index is 11.0. The molecule has 82 valence electrons. The first-order chi connectivity index (χ1) is 7.13. The van der Waals surface area contributed by atoms with Crippen LogP contribution in [0.15, 0.2) is 12.1 Å². The molecule has 0 aromatic heterocycles. The second-order valence-corrected chi connectivity index (χ2v) is 3.36. The Kier molecular flexibility index (Phi) is 3.96. The van der Waals surface area contributed by atoms with E-state index < -0.39 is 5.97 Å². The third kappa shape index (κ3) is 2.41. The molecule has 0 amide bonds. The van der Waals surface area contributed by atoms with E-state index in [1.165, 1.54) is 14.2 Å². The summed E-state index contributed by atoms with van der Waals surface area (Å²) in [6.07, 6.45) is 0. The van der Waals surface area contributed by atoms with Crippen LogP contribution in [0.3, 0.4) is 0 Å². The lowest BCUT2D eigenvalue weighted by Crippen LogP contribution is -2.05. The van der Waals surface area contributed by atoms with Gasteiger partial charge in [0.25, 0.3) is 0 Å². The summed E-state index contributed by atoms with van der Waals surface area (Å²) in [4.78, 5) is 11.0. The van der Waals surface area contributed by atoms with Crippen molar-refractivity contribution in [3.63, 3.8) is 0 Å². The smallest absolute Gasteiger partial charge is 0.339 e. The van der Waals surface area contributed by atoms with E-state index in [4.69, 9.17) is 14.6 Å². The predicted octanol–water partition coefficient (Wildman–Crippen LogP) is 2.30. The second-order valence-electron chi connectivity index (χ2n) is 2.80. The molecule has 1 aromatic rings. The number of benzene rings is 1. The fourth-order valence-corrected chi connectivity index (χ4v) is 1.71. The van der Waals surface area contributed by atoms with E-state index in [-0.39, 0.29) is 5.56 Å². The molecular formula is C10H11BrO4. The first kappa shape index (κ1) is 11.8. The van der Waals surface area contributed by atoms with Gasteiger partial charge >= 0.3 is 5.97 Å². The zero-order valence-corrected chi connectivity index (χ0v) is 10.00. The van der Waals surface area contributed by atoms with Gasteiger partial charge in [-0.15, -0.1) is 0 Å². The number of aromatic carboxylic acids is 1. The Balaban J connectivity index is 3.39. The van der Waals surface area contributed by atoms with Gasteiger partial charge in [0.15, 0.2) is 0 Å². The molecule has 0 atom stereocenters. The molecule has 0 aliphatic rings. The number of halogens is 1. The van der Waals surface area contributed by atoms with Crippen LogP contribution < -0.4 is 9.47 Å². The molecule has 0 saturated carbocycles. The minimum atomic E-state index is -1.01. The van der Waals surface area contributed by atoms with Gasteiger partial charge in [0.05, 0.1) is 14.2 Å². The van der Waals surface area contributed by atoms with Crippen molar-refractivity contribution in [3.8, 4) is 11.5 Å². The van der Waals surface area contributed by atoms with E-state index in [9.17, 15) is 4.79 Å². The highest BCUT2D eigenvalue weighted by atomic mass is 79.9. The van der Waals surface area contributed by atoms with Crippen LogP contribution in [0, 0.1) is 0 Å². The lowest BCUT2D eigenvalue weighted by Gasteiger charge is -2.11. The van der Waals surface area contributed by atoms with Crippen molar-refractivity contribution in [2.45, 2.75) is 5.33 Å². The minimum Gasteiger partial charge on any atom is -0.497 e. The fraction of sp³-hybridized carbons (Fsp3) is 0.300. The number of alkyl halides is 1. The maximum Gasteiger partial charge on any atom is 0.339 e. The van der Waals surface area contributed by atoms with Crippen molar-refractivity contribution in [1.29, 1.82) is 0 Å². The number of ether oxygens (including phenoxy) is 2. The van der Waals surface area contributed by atoms with Crippen molar-refractivity contribution in [1.82, 2.24) is 0 Å². The van der Waals surface area contributed by atoms with Crippen LogP contribution in [0.5, 0.6) is 11.5 Å². The van der Waals surface area contributed by atoms with Gasteiger partial charge in [-0.3, -0.25) is 0 Å². The Morgan fingerprint density at radius 2 is 2.07 bits per heavy atom. The summed E-state index contributed by atoms with van der Waals surface area (Å²) in [6.45, 7) is 0. The first-order valence-electron chi connectivity index (χ1n) is 4.18. The maximum atomic E-state index is 11.0. The molecule has 0 saturated heterocycles. The van der Waals surface area contributed by atoms with Crippen LogP contribution in [0.4, 0.5) is 0 Å². The predicted molar refractivity (Wildman–Crippen MR) is 59.1 cm³/mol. The summed E-state index contributed by atoms with van der Waals surface area (Å²) in [7, 11) is 2.95. The number of carboxylic acids is 1. The number of hydrogen-bond donors (Lipinski definition) is 1. The molecule has 1 rings (SSSR count). The molecule has 0 bridgehead atoms. The molecule has 0 aliphatic heterocycles. The van der Waals surface area contributed by atoms with Crippen LogP contribution in [0.1, 0.15) is 15.9 Å². The molecule has 0 fully saturated rings. The number of carboxylic acid groups (broad SMARTS) is 1. The van der Waals surface area contributed by atoms with E-state index in [1.54, 1.807) is 12.1 Å². The van der Waals surface area contributed by atoms with Gasteiger partial charge in [-0.2, -0.15) is 0 Å². The van der Waals surface area contributed by atoms with Gasteiger partial charge in [-0.25, -0.2) is 4.79 Å². The highest BCUT2D eigenvalue weighted by molar-refractivity contribution is 9.08. The molecule has 15 heavy (non-hydrogen) atoms. The second kappa shape index (κ2) is 5.02. The van der Waals surface area contributed by atoms with Crippen LogP contribution in [0.2, 0.25) is 0 Å². The zero-order valence-electron chi connectivity index (χ0n) is 8.41. The van der Waals surface area contributed by atoms with Crippen LogP contribution in [-0.2, 0) is 5.33 Å². The highest BCUT2D eigenvalue weighted by Gasteiger charge is 2.17. The van der Waals surface area contributed by atoms with Crippen molar-refractivity contribution < 1.29 is 19.4 Å². The SMILES string of the molecule is COc1cc(CBr)c(C(=O)O)c(OC)c1. The first-order valence-corrected chi connectivity index (χ1v) is 5.30. The fourth-order valence-electron chi connectivity index (χ4n) is 1.27.